The zero-order valence-corrected chi connectivity index (χ0v) is 16.5. The molecule has 0 bridgehead atoms. The fourth-order valence-corrected chi connectivity index (χ4v) is 7.34. The largest absolute Gasteiger partial charge is 0.147 e. The Morgan fingerprint density at radius 2 is 0.960 bits per heavy atom. The number of allylic oxidation sites excluding steroid dienone is 2. The predicted molar refractivity (Wildman–Crippen MR) is 117 cm³/mol. The molecular weight excluding hydrogens is 343 g/mol. The van der Waals surface area contributed by atoms with Crippen LogP contribution in [0.3, 0.4) is 0 Å². The zero-order chi connectivity index (χ0) is 16.8. The van der Waals surface area contributed by atoms with Gasteiger partial charge in [-0.25, -0.2) is 0 Å². The van der Waals surface area contributed by atoms with Gasteiger partial charge < -0.3 is 0 Å². The van der Waals surface area contributed by atoms with Crippen LogP contribution in [0.4, 0.5) is 0 Å². The molecular formula is C23H25ClP+. The Balaban J connectivity index is 0.00000225. The van der Waals surface area contributed by atoms with Gasteiger partial charge in [0.05, 0.1) is 6.16 Å². The Labute approximate surface area is 158 Å². The highest BCUT2D eigenvalue weighted by atomic mass is 35.5. The summed E-state index contributed by atoms with van der Waals surface area (Å²) in [6.45, 7) is 4.38. The van der Waals surface area contributed by atoms with Crippen LogP contribution in [0.2, 0.25) is 0 Å². The Hall–Kier alpha value is -1.88. The second-order valence-corrected chi connectivity index (χ2v) is 9.81. The van der Waals surface area contributed by atoms with Crippen LogP contribution < -0.4 is 15.9 Å². The molecule has 25 heavy (non-hydrogen) atoms. The number of halogens is 1. The minimum atomic E-state index is -1.68. The number of hydrogen-bond donors (Lipinski definition) is 0. The van der Waals surface area contributed by atoms with Gasteiger partial charge in [0.15, 0.2) is 0 Å². The minimum absolute atomic E-state index is 0. The number of benzene rings is 3. The summed E-state index contributed by atoms with van der Waals surface area (Å²) >= 11 is 0. The summed E-state index contributed by atoms with van der Waals surface area (Å²) in [6.07, 6.45) is 3.47. The van der Waals surface area contributed by atoms with E-state index < -0.39 is 7.26 Å². The molecule has 0 atom stereocenters. The highest BCUT2D eigenvalue weighted by Gasteiger charge is 2.44. The molecule has 3 rings (SSSR count). The second kappa shape index (κ2) is 8.99. The maximum absolute atomic E-state index is 2.40. The minimum Gasteiger partial charge on any atom is -0.147 e. The van der Waals surface area contributed by atoms with E-state index in [0.29, 0.717) is 0 Å². The van der Waals surface area contributed by atoms with Crippen molar-refractivity contribution in [2.45, 2.75) is 13.8 Å². The maximum Gasteiger partial charge on any atom is 0.115 e. The Bertz CT molecular complexity index is 695. The van der Waals surface area contributed by atoms with Crippen molar-refractivity contribution < 1.29 is 0 Å². The summed E-state index contributed by atoms with van der Waals surface area (Å²) in [7, 11) is -1.68. The maximum atomic E-state index is 2.40. The smallest absolute Gasteiger partial charge is 0.115 e. The lowest BCUT2D eigenvalue weighted by atomic mass is 10.3. The monoisotopic (exact) mass is 367 g/mol. The Morgan fingerprint density at radius 1 is 0.640 bits per heavy atom. The normalized spacial score (nSPS) is 10.6. The van der Waals surface area contributed by atoms with Crippen LogP contribution in [-0.2, 0) is 0 Å². The lowest BCUT2D eigenvalue weighted by molar-refractivity contribution is 1.36. The van der Waals surface area contributed by atoms with Gasteiger partial charge in [0.1, 0.15) is 23.2 Å². The summed E-state index contributed by atoms with van der Waals surface area (Å²) in [5, 5.41) is 4.33. The molecule has 3 aromatic carbocycles. The van der Waals surface area contributed by atoms with Gasteiger partial charge in [0, 0.05) is 0 Å². The van der Waals surface area contributed by atoms with Gasteiger partial charge in [-0.05, 0) is 56.3 Å². The molecule has 0 heterocycles. The van der Waals surface area contributed by atoms with Gasteiger partial charge in [-0.15, -0.1) is 12.4 Å². The summed E-state index contributed by atoms with van der Waals surface area (Å²) in [4.78, 5) is 0. The summed E-state index contributed by atoms with van der Waals surface area (Å²) in [5.41, 5.74) is 1.38. The van der Waals surface area contributed by atoms with Crippen molar-refractivity contribution >= 4 is 35.6 Å². The molecule has 0 aliphatic rings. The first-order valence-electron chi connectivity index (χ1n) is 8.42. The average molecular weight is 368 g/mol. The van der Waals surface area contributed by atoms with Crippen molar-refractivity contribution in [2.24, 2.45) is 0 Å². The van der Waals surface area contributed by atoms with E-state index in [0.717, 1.165) is 6.16 Å². The van der Waals surface area contributed by atoms with Crippen LogP contribution in [0, 0.1) is 0 Å². The molecule has 0 aliphatic carbocycles. The fourth-order valence-electron chi connectivity index (χ4n) is 3.13. The van der Waals surface area contributed by atoms with Crippen molar-refractivity contribution in [3.05, 3.63) is 103 Å². The van der Waals surface area contributed by atoms with Crippen LogP contribution in [0.5, 0.6) is 0 Å². The van der Waals surface area contributed by atoms with Crippen molar-refractivity contribution in [1.29, 1.82) is 0 Å². The van der Waals surface area contributed by atoms with E-state index in [1.54, 1.807) is 0 Å². The highest BCUT2D eigenvalue weighted by Crippen LogP contribution is 2.55. The molecule has 0 aliphatic heterocycles. The van der Waals surface area contributed by atoms with E-state index in [1.165, 1.54) is 21.5 Å². The van der Waals surface area contributed by atoms with Crippen molar-refractivity contribution in [3.8, 4) is 0 Å². The summed E-state index contributed by atoms with van der Waals surface area (Å²) in [5.74, 6) is 0. The summed E-state index contributed by atoms with van der Waals surface area (Å²) in [6, 6.07) is 33.1. The molecule has 0 saturated carbocycles. The standard InChI is InChI=1S/C23H24P.ClH/c1-20(2)18-19-24(21-12-6-3-7-13-21,22-14-8-4-9-15-22)23-16-10-5-11-17-23;/h3-18H,19H2,1-2H3;1H/q+1;. The first-order valence-corrected chi connectivity index (χ1v) is 10.4. The van der Waals surface area contributed by atoms with Crippen molar-refractivity contribution in [1.82, 2.24) is 0 Å². The molecule has 0 aromatic heterocycles. The van der Waals surface area contributed by atoms with Crippen molar-refractivity contribution in [3.63, 3.8) is 0 Å². The molecule has 2 heteroatoms. The van der Waals surface area contributed by atoms with E-state index in [9.17, 15) is 0 Å². The lowest BCUT2D eigenvalue weighted by Crippen LogP contribution is -2.32. The molecule has 0 amide bonds. The molecule has 0 fully saturated rings. The van der Waals surface area contributed by atoms with Gasteiger partial charge in [0.25, 0.3) is 0 Å². The second-order valence-electron chi connectivity index (χ2n) is 6.28. The first kappa shape index (κ1) is 19.4. The molecule has 0 radical (unpaired) electrons. The van der Waals surface area contributed by atoms with Gasteiger partial charge in [-0.2, -0.15) is 0 Å². The predicted octanol–water partition coefficient (Wildman–Crippen LogP) is 5.37. The third-order valence-electron chi connectivity index (χ3n) is 4.36. The van der Waals surface area contributed by atoms with Gasteiger partial charge in [-0.3, -0.25) is 0 Å². The van der Waals surface area contributed by atoms with E-state index in [2.05, 4.69) is 111 Å². The molecule has 0 N–H and O–H groups in total. The Morgan fingerprint density at radius 3 is 1.24 bits per heavy atom. The van der Waals surface area contributed by atoms with Crippen LogP contribution >= 0.6 is 19.7 Å². The summed E-state index contributed by atoms with van der Waals surface area (Å²) < 4.78 is 0. The van der Waals surface area contributed by atoms with Crippen LogP contribution in [0.25, 0.3) is 0 Å². The molecule has 3 aromatic rings. The zero-order valence-electron chi connectivity index (χ0n) is 14.8. The van der Waals surface area contributed by atoms with Gasteiger partial charge >= 0.3 is 0 Å². The average Bonchev–Trinajstić information content (AvgIpc) is 2.65. The van der Waals surface area contributed by atoms with Crippen LogP contribution in [0.1, 0.15) is 13.8 Å². The number of hydrogen-bond acceptors (Lipinski definition) is 0. The molecule has 128 valence electrons. The third-order valence-corrected chi connectivity index (χ3v) is 8.63. The Kier molecular flexibility index (Phi) is 7.00. The molecule has 0 saturated heterocycles. The third kappa shape index (κ3) is 4.21. The highest BCUT2D eigenvalue weighted by molar-refractivity contribution is 7.95. The molecule has 0 nitrogen and oxygen atoms in total. The van der Waals surface area contributed by atoms with E-state index in [1.807, 2.05) is 0 Å². The van der Waals surface area contributed by atoms with Gasteiger partial charge in [0.2, 0.25) is 0 Å². The first-order chi connectivity index (χ1) is 11.7. The SMILES string of the molecule is CC(C)=CC[P+](c1ccccc1)(c1ccccc1)c1ccccc1.Cl. The fraction of sp³-hybridized carbons (Fsp3) is 0.130. The topological polar surface area (TPSA) is 0 Å². The van der Waals surface area contributed by atoms with E-state index in [4.69, 9.17) is 0 Å². The van der Waals surface area contributed by atoms with Gasteiger partial charge in [-0.1, -0.05) is 60.2 Å². The van der Waals surface area contributed by atoms with Crippen LogP contribution in [-0.4, -0.2) is 6.16 Å². The van der Waals surface area contributed by atoms with Crippen LogP contribution in [0.15, 0.2) is 103 Å². The van der Waals surface area contributed by atoms with Crippen molar-refractivity contribution in [2.75, 3.05) is 6.16 Å². The van der Waals surface area contributed by atoms with E-state index in [-0.39, 0.29) is 12.4 Å². The molecule has 0 unspecified atom stereocenters. The molecule has 0 spiro atoms. The number of rotatable bonds is 5. The quantitative estimate of drug-likeness (QED) is 0.420. The van der Waals surface area contributed by atoms with E-state index >= 15 is 0 Å². The lowest BCUT2D eigenvalue weighted by Gasteiger charge is -2.26.